The molecule has 1 heterocycles. The van der Waals surface area contributed by atoms with Crippen LogP contribution in [-0.2, 0) is 0 Å². The fraction of sp³-hybridized carbons (Fsp3) is 0.538. The summed E-state index contributed by atoms with van der Waals surface area (Å²) in [6.07, 6.45) is 8.07. The van der Waals surface area contributed by atoms with Crippen molar-refractivity contribution in [1.29, 1.82) is 5.26 Å². The molecule has 1 aromatic heterocycles. The monoisotopic (exact) mass is 278 g/mol. The molecule has 5 nitrogen and oxygen atoms in total. The molecule has 0 aliphatic heterocycles. The van der Waals surface area contributed by atoms with Gasteiger partial charge in [-0.25, -0.2) is 9.97 Å². The highest BCUT2D eigenvalue weighted by Crippen LogP contribution is 2.26. The van der Waals surface area contributed by atoms with Crippen molar-refractivity contribution in [2.45, 2.75) is 38.1 Å². The third kappa shape index (κ3) is 3.65. The van der Waals surface area contributed by atoms with Crippen LogP contribution >= 0.6 is 11.6 Å². The molecule has 1 atom stereocenters. The first-order chi connectivity index (χ1) is 9.20. The fourth-order valence-corrected chi connectivity index (χ4v) is 2.47. The van der Waals surface area contributed by atoms with Gasteiger partial charge in [0.25, 0.3) is 5.91 Å². The maximum Gasteiger partial charge on any atom is 0.272 e. The lowest BCUT2D eigenvalue weighted by molar-refractivity contribution is 0.0923. The Morgan fingerprint density at radius 1 is 1.37 bits per heavy atom. The number of rotatable bonds is 3. The summed E-state index contributed by atoms with van der Waals surface area (Å²) in [4.78, 5) is 19.7. The summed E-state index contributed by atoms with van der Waals surface area (Å²) in [5.74, 6) is -0.135. The number of carbonyl (C=O) groups excluding carboxylic acids is 1. The Labute approximate surface area is 117 Å². The number of hydrogen-bond donors (Lipinski definition) is 1. The second-order valence-corrected chi connectivity index (χ2v) is 5.09. The molecule has 1 amide bonds. The quantitative estimate of drug-likeness (QED) is 0.920. The maximum absolute atomic E-state index is 12.0. The van der Waals surface area contributed by atoms with Crippen LogP contribution in [0.5, 0.6) is 0 Å². The lowest BCUT2D eigenvalue weighted by atomic mass is 9.84. The molecule has 1 N–H and O–H groups in total. The Bertz CT molecular complexity index is 476. The number of nitriles is 1. The van der Waals surface area contributed by atoms with Crippen LogP contribution in [0.15, 0.2) is 12.4 Å². The Hall–Kier alpha value is -1.67. The molecule has 1 saturated carbocycles. The molecule has 100 valence electrons. The number of aromatic nitrogens is 2. The third-order valence-electron chi connectivity index (χ3n) is 3.40. The van der Waals surface area contributed by atoms with Crippen LogP contribution in [-0.4, -0.2) is 21.9 Å². The zero-order valence-electron chi connectivity index (χ0n) is 10.5. The van der Waals surface area contributed by atoms with E-state index in [9.17, 15) is 10.1 Å². The van der Waals surface area contributed by atoms with Gasteiger partial charge < -0.3 is 5.32 Å². The van der Waals surface area contributed by atoms with Crippen LogP contribution in [0.2, 0.25) is 5.15 Å². The van der Waals surface area contributed by atoms with Gasteiger partial charge in [-0.05, 0) is 18.8 Å². The van der Waals surface area contributed by atoms with Gasteiger partial charge in [-0.2, -0.15) is 5.26 Å². The molecular weight excluding hydrogens is 264 g/mol. The number of halogens is 1. The average Bonchev–Trinajstić information content (AvgIpc) is 2.46. The molecule has 1 fully saturated rings. The van der Waals surface area contributed by atoms with Crippen molar-refractivity contribution in [3.05, 3.63) is 23.2 Å². The van der Waals surface area contributed by atoms with Crippen molar-refractivity contribution >= 4 is 17.5 Å². The van der Waals surface area contributed by atoms with Gasteiger partial charge in [-0.15, -0.1) is 0 Å². The van der Waals surface area contributed by atoms with E-state index in [1.54, 1.807) is 0 Å². The highest BCUT2D eigenvalue weighted by atomic mass is 35.5. The van der Waals surface area contributed by atoms with Crippen LogP contribution in [0.3, 0.4) is 0 Å². The van der Waals surface area contributed by atoms with Gasteiger partial charge in [-0.1, -0.05) is 30.9 Å². The van der Waals surface area contributed by atoms with Gasteiger partial charge in [-0.3, -0.25) is 4.79 Å². The maximum atomic E-state index is 12.0. The third-order valence-corrected chi connectivity index (χ3v) is 3.60. The Balaban J connectivity index is 1.99. The van der Waals surface area contributed by atoms with Crippen molar-refractivity contribution in [2.75, 3.05) is 0 Å². The van der Waals surface area contributed by atoms with Crippen molar-refractivity contribution in [3.63, 3.8) is 0 Å². The van der Waals surface area contributed by atoms with E-state index in [1.165, 1.54) is 18.8 Å². The molecule has 0 radical (unpaired) electrons. The smallest absolute Gasteiger partial charge is 0.272 e. The van der Waals surface area contributed by atoms with Crippen LogP contribution in [0.25, 0.3) is 0 Å². The summed E-state index contributed by atoms with van der Waals surface area (Å²) < 4.78 is 0. The fourth-order valence-electron chi connectivity index (χ4n) is 2.37. The van der Waals surface area contributed by atoms with E-state index in [1.807, 2.05) is 0 Å². The van der Waals surface area contributed by atoms with Gasteiger partial charge in [0, 0.05) is 0 Å². The molecule has 1 aliphatic carbocycles. The van der Waals surface area contributed by atoms with E-state index in [0.717, 1.165) is 25.7 Å². The van der Waals surface area contributed by atoms with E-state index in [4.69, 9.17) is 11.6 Å². The Kier molecular flexibility index (Phi) is 4.69. The van der Waals surface area contributed by atoms with Gasteiger partial charge >= 0.3 is 0 Å². The van der Waals surface area contributed by atoms with Crippen LogP contribution in [0.1, 0.15) is 42.6 Å². The first-order valence-corrected chi connectivity index (χ1v) is 6.76. The number of amides is 1. The predicted molar refractivity (Wildman–Crippen MR) is 70.5 cm³/mol. The average molecular weight is 279 g/mol. The lowest BCUT2D eigenvalue weighted by Gasteiger charge is -2.26. The van der Waals surface area contributed by atoms with Crippen LogP contribution < -0.4 is 5.32 Å². The molecule has 19 heavy (non-hydrogen) atoms. The van der Waals surface area contributed by atoms with Crippen molar-refractivity contribution in [2.24, 2.45) is 5.92 Å². The van der Waals surface area contributed by atoms with E-state index in [-0.39, 0.29) is 22.7 Å². The first-order valence-electron chi connectivity index (χ1n) is 6.38. The summed E-state index contributed by atoms with van der Waals surface area (Å²) in [7, 11) is 0. The summed E-state index contributed by atoms with van der Waals surface area (Å²) >= 11 is 5.61. The molecule has 6 heteroatoms. The van der Waals surface area contributed by atoms with Gasteiger partial charge in [0.15, 0.2) is 0 Å². The minimum absolute atomic E-state index is 0.181. The molecule has 0 saturated heterocycles. The molecule has 1 aromatic rings. The minimum Gasteiger partial charge on any atom is -0.335 e. The molecule has 1 unspecified atom stereocenters. The summed E-state index contributed by atoms with van der Waals surface area (Å²) in [6, 6.07) is 1.72. The minimum atomic E-state index is -0.453. The van der Waals surface area contributed by atoms with Crippen molar-refractivity contribution in [3.8, 4) is 6.07 Å². The number of nitrogens with one attached hydrogen (secondary N) is 1. The van der Waals surface area contributed by atoms with E-state index >= 15 is 0 Å². The van der Waals surface area contributed by atoms with E-state index in [0.29, 0.717) is 0 Å². The van der Waals surface area contributed by atoms with E-state index < -0.39 is 6.04 Å². The van der Waals surface area contributed by atoms with Gasteiger partial charge in [0.05, 0.1) is 18.5 Å². The molecule has 0 bridgehead atoms. The number of carbonyl (C=O) groups is 1. The molecule has 2 rings (SSSR count). The Morgan fingerprint density at radius 2 is 2.11 bits per heavy atom. The zero-order valence-corrected chi connectivity index (χ0v) is 11.2. The SMILES string of the molecule is N#CC(NC(=O)c1cnc(Cl)cn1)C1CCCCC1. The zero-order chi connectivity index (χ0) is 13.7. The predicted octanol–water partition coefficient (Wildman–Crippen LogP) is 2.33. The summed E-state index contributed by atoms with van der Waals surface area (Å²) in [6.45, 7) is 0. The largest absolute Gasteiger partial charge is 0.335 e. The second kappa shape index (κ2) is 6.48. The topological polar surface area (TPSA) is 78.7 Å². The van der Waals surface area contributed by atoms with Crippen molar-refractivity contribution < 1.29 is 4.79 Å². The highest BCUT2D eigenvalue weighted by molar-refractivity contribution is 6.29. The lowest BCUT2D eigenvalue weighted by Crippen LogP contribution is -2.40. The normalized spacial score (nSPS) is 17.5. The van der Waals surface area contributed by atoms with Crippen LogP contribution in [0.4, 0.5) is 0 Å². The second-order valence-electron chi connectivity index (χ2n) is 4.70. The van der Waals surface area contributed by atoms with Crippen molar-refractivity contribution in [1.82, 2.24) is 15.3 Å². The van der Waals surface area contributed by atoms with Crippen LogP contribution in [0, 0.1) is 17.2 Å². The Morgan fingerprint density at radius 3 is 2.68 bits per heavy atom. The molecule has 1 aliphatic rings. The molecular formula is C13H15ClN4O. The highest BCUT2D eigenvalue weighted by Gasteiger charge is 2.25. The molecule has 0 spiro atoms. The molecule has 0 aromatic carbocycles. The van der Waals surface area contributed by atoms with E-state index in [2.05, 4.69) is 21.4 Å². The van der Waals surface area contributed by atoms with Gasteiger partial charge in [0.1, 0.15) is 16.9 Å². The standard InChI is InChI=1S/C13H15ClN4O/c14-12-8-16-11(7-17-12)13(19)18-10(6-15)9-4-2-1-3-5-9/h7-10H,1-5H2,(H,18,19). The van der Waals surface area contributed by atoms with Gasteiger partial charge in [0.2, 0.25) is 0 Å². The summed E-state index contributed by atoms with van der Waals surface area (Å²) in [5, 5.41) is 12.2. The number of hydrogen-bond acceptors (Lipinski definition) is 4. The first kappa shape index (κ1) is 13.8. The summed E-state index contributed by atoms with van der Waals surface area (Å²) in [5.41, 5.74) is 0.181. The number of nitrogens with zero attached hydrogens (tertiary/aromatic N) is 3.